The van der Waals surface area contributed by atoms with E-state index in [1.165, 1.54) is 0 Å². The highest BCUT2D eigenvalue weighted by atomic mass is 16.1. The van der Waals surface area contributed by atoms with Gasteiger partial charge in [0, 0.05) is 0 Å². The molecule has 0 saturated carbocycles. The molecule has 1 heterocycles. The number of ketones is 1. The number of rotatable bonds is 0. The van der Waals surface area contributed by atoms with Crippen molar-refractivity contribution in [3.8, 4) is 0 Å². The maximum Gasteiger partial charge on any atom is 0.246 e. The highest BCUT2D eigenvalue weighted by Gasteiger charge is 2.11. The third-order valence-corrected chi connectivity index (χ3v) is 0.643. The Bertz CT molecular complexity index is 191. The van der Waals surface area contributed by atoms with Crippen molar-refractivity contribution in [2.75, 3.05) is 0 Å². The van der Waals surface area contributed by atoms with Crippen molar-refractivity contribution in [1.82, 2.24) is 5.53 Å². The van der Waals surface area contributed by atoms with Crippen LogP contribution in [-0.2, 0) is 4.79 Å². The minimum Gasteiger partial charge on any atom is -0.284 e. The number of carbonyl (C=O) groups excluding carboxylic acids is 1. The van der Waals surface area contributed by atoms with Crippen molar-refractivity contribution in [2.45, 2.75) is 0 Å². The number of nitrogens with zero attached hydrogens (tertiary/aromatic N) is 4. The van der Waals surface area contributed by atoms with Gasteiger partial charge in [-0.2, -0.15) is 5.10 Å². The highest BCUT2D eigenvalue weighted by molar-refractivity contribution is 6.61. The van der Waals surface area contributed by atoms with Crippen molar-refractivity contribution in [3.05, 3.63) is 0 Å². The van der Waals surface area contributed by atoms with Crippen LogP contribution in [0.15, 0.2) is 15.3 Å². The summed E-state index contributed by atoms with van der Waals surface area (Å²) in [5.74, 6) is -0.725. The lowest BCUT2D eigenvalue weighted by Crippen LogP contribution is -2.06. The Labute approximate surface area is 44.6 Å². The Balaban J connectivity index is 2.88. The second-order valence-corrected chi connectivity index (χ2v) is 1.13. The van der Waals surface area contributed by atoms with Crippen molar-refractivity contribution in [3.63, 3.8) is 0 Å². The maximum absolute atomic E-state index is 10.3. The maximum atomic E-state index is 10.3. The van der Waals surface area contributed by atoms with Gasteiger partial charge in [0.2, 0.25) is 11.6 Å². The number of hydrogen-bond donors (Lipinski definition) is 0. The normalized spacial score (nSPS) is 16.5. The van der Waals surface area contributed by atoms with Crippen LogP contribution in [0.25, 0.3) is 0 Å². The molecular formula is C3HN4O. The lowest BCUT2D eigenvalue weighted by atomic mass is 10.4. The van der Waals surface area contributed by atoms with E-state index < -0.39 is 5.78 Å². The van der Waals surface area contributed by atoms with Crippen LogP contribution in [0.2, 0.25) is 0 Å². The number of hydrogen-bond acceptors (Lipinski definition) is 4. The van der Waals surface area contributed by atoms with Gasteiger partial charge in [0.05, 0.1) is 0 Å². The summed E-state index contributed by atoms with van der Waals surface area (Å²) in [5.41, 5.74) is 7.93. The second-order valence-electron chi connectivity index (χ2n) is 1.13. The molecule has 0 amide bonds. The molecule has 8 heavy (non-hydrogen) atoms. The molecule has 0 aliphatic carbocycles. The smallest absolute Gasteiger partial charge is 0.246 e. The summed E-state index contributed by atoms with van der Waals surface area (Å²) in [6.45, 7) is 0. The van der Waals surface area contributed by atoms with Gasteiger partial charge in [0.25, 0.3) is 0 Å². The van der Waals surface area contributed by atoms with Crippen molar-refractivity contribution >= 4 is 17.8 Å². The SMILES string of the molecule is [N]=NC1=NN=CC1=O. The molecule has 39 valence electrons. The number of carbonyl (C=O) groups is 1. The molecule has 0 atom stereocenters. The Morgan fingerprint density at radius 1 is 1.75 bits per heavy atom. The summed E-state index contributed by atoms with van der Waals surface area (Å²) in [6, 6.07) is 0. The first-order chi connectivity index (χ1) is 3.84. The third kappa shape index (κ3) is 0.534. The Morgan fingerprint density at radius 3 is 2.75 bits per heavy atom. The van der Waals surface area contributed by atoms with Crippen molar-refractivity contribution in [1.29, 1.82) is 0 Å². The topological polar surface area (TPSA) is 76.4 Å². The van der Waals surface area contributed by atoms with E-state index in [0.717, 1.165) is 6.21 Å². The van der Waals surface area contributed by atoms with Crippen LogP contribution < -0.4 is 5.53 Å². The Morgan fingerprint density at radius 2 is 2.50 bits per heavy atom. The molecule has 0 aromatic rings. The summed E-state index contributed by atoms with van der Waals surface area (Å²) in [4.78, 5) is 10.3. The fourth-order valence-corrected chi connectivity index (χ4v) is 0.312. The summed E-state index contributed by atoms with van der Waals surface area (Å²) in [7, 11) is 0. The molecule has 0 fully saturated rings. The average Bonchev–Trinajstić information content (AvgIpc) is 2.14. The molecule has 0 aromatic carbocycles. The fourth-order valence-electron chi connectivity index (χ4n) is 0.312. The van der Waals surface area contributed by atoms with E-state index in [2.05, 4.69) is 15.3 Å². The van der Waals surface area contributed by atoms with Gasteiger partial charge < -0.3 is 0 Å². The molecule has 1 aliphatic heterocycles. The van der Waals surface area contributed by atoms with Crippen LogP contribution in [0.5, 0.6) is 0 Å². The summed E-state index contributed by atoms with van der Waals surface area (Å²) >= 11 is 0. The fraction of sp³-hybridized carbons (Fsp3) is 0. The van der Waals surface area contributed by atoms with Crippen LogP contribution in [0, 0.1) is 0 Å². The van der Waals surface area contributed by atoms with Gasteiger partial charge in [-0.25, -0.2) is 0 Å². The van der Waals surface area contributed by atoms with Gasteiger partial charge in [-0.05, 0) is 5.53 Å². The van der Waals surface area contributed by atoms with Crippen molar-refractivity contribution < 1.29 is 4.79 Å². The Hall–Kier alpha value is -1.39. The van der Waals surface area contributed by atoms with Crippen LogP contribution in [0.4, 0.5) is 0 Å². The molecule has 0 spiro atoms. The van der Waals surface area contributed by atoms with E-state index in [4.69, 9.17) is 5.53 Å². The molecule has 1 radical (unpaired) electrons. The van der Waals surface area contributed by atoms with E-state index in [0.29, 0.717) is 0 Å². The summed E-state index contributed by atoms with van der Waals surface area (Å²) < 4.78 is 0. The first-order valence-electron chi connectivity index (χ1n) is 1.85. The minimum atomic E-state index is -0.465. The van der Waals surface area contributed by atoms with Gasteiger partial charge in [-0.3, -0.25) is 4.79 Å². The first-order valence-corrected chi connectivity index (χ1v) is 1.85. The largest absolute Gasteiger partial charge is 0.284 e. The van der Waals surface area contributed by atoms with Crippen LogP contribution in [0.3, 0.4) is 0 Å². The molecule has 0 saturated heterocycles. The van der Waals surface area contributed by atoms with E-state index in [9.17, 15) is 4.79 Å². The van der Waals surface area contributed by atoms with Crippen molar-refractivity contribution in [2.24, 2.45) is 15.3 Å². The molecule has 1 aliphatic rings. The van der Waals surface area contributed by atoms with E-state index >= 15 is 0 Å². The third-order valence-electron chi connectivity index (χ3n) is 0.643. The summed E-state index contributed by atoms with van der Waals surface area (Å²) in [5, 5.41) is 8.88. The zero-order valence-electron chi connectivity index (χ0n) is 3.77. The quantitative estimate of drug-likeness (QED) is 0.375. The van der Waals surface area contributed by atoms with Gasteiger partial charge in [0.1, 0.15) is 6.21 Å². The molecular weight excluding hydrogens is 108 g/mol. The van der Waals surface area contributed by atoms with Crippen LogP contribution in [-0.4, -0.2) is 17.8 Å². The average molecular weight is 109 g/mol. The molecule has 0 N–H and O–H groups in total. The predicted octanol–water partition coefficient (Wildman–Crippen LogP) is -0.794. The lowest BCUT2D eigenvalue weighted by molar-refractivity contribution is -0.106. The summed E-state index contributed by atoms with van der Waals surface area (Å²) in [6.07, 6.45) is 0.981. The van der Waals surface area contributed by atoms with Crippen LogP contribution in [0.1, 0.15) is 0 Å². The zero-order chi connectivity index (χ0) is 5.98. The molecule has 0 unspecified atom stereocenters. The van der Waals surface area contributed by atoms with Gasteiger partial charge in [0.15, 0.2) is 0 Å². The lowest BCUT2D eigenvalue weighted by Gasteiger charge is -1.74. The monoisotopic (exact) mass is 109 g/mol. The highest BCUT2D eigenvalue weighted by Crippen LogP contribution is 1.89. The van der Waals surface area contributed by atoms with Gasteiger partial charge in [-0.1, -0.05) is 0 Å². The molecule has 0 bridgehead atoms. The zero-order valence-corrected chi connectivity index (χ0v) is 3.77. The molecule has 0 aromatic heterocycles. The number of amidine groups is 1. The van der Waals surface area contributed by atoms with Gasteiger partial charge in [-0.15, -0.1) is 10.2 Å². The first kappa shape index (κ1) is 4.76. The standard InChI is InChI=1S/C3HN4O/c4-6-3-2(8)1-5-7-3/h1H. The van der Waals surface area contributed by atoms with Gasteiger partial charge >= 0.3 is 0 Å². The number of Topliss-reactive ketones (excluding diaryl/α,β-unsaturated/α-hetero) is 1. The van der Waals surface area contributed by atoms with E-state index in [1.807, 2.05) is 0 Å². The van der Waals surface area contributed by atoms with E-state index in [-0.39, 0.29) is 5.84 Å². The predicted molar refractivity (Wildman–Crippen MR) is 25.5 cm³/mol. The second kappa shape index (κ2) is 1.61. The van der Waals surface area contributed by atoms with Crippen LogP contribution >= 0.6 is 0 Å². The molecule has 5 nitrogen and oxygen atoms in total. The van der Waals surface area contributed by atoms with E-state index in [1.54, 1.807) is 0 Å². The Kier molecular flexibility index (Phi) is 0.957. The molecule has 5 heteroatoms. The minimum absolute atomic E-state index is 0.259. The molecule has 1 rings (SSSR count).